The number of nitrogens with two attached hydrogens (primary N) is 1. The fourth-order valence-corrected chi connectivity index (χ4v) is 7.83. The molecule has 15 heteroatoms. The Balaban J connectivity index is 1.55. The van der Waals surface area contributed by atoms with E-state index in [4.69, 9.17) is 10.5 Å². The van der Waals surface area contributed by atoms with Crippen molar-refractivity contribution in [3.63, 3.8) is 0 Å². The zero-order chi connectivity index (χ0) is 28.6. The first-order valence-corrected chi connectivity index (χ1v) is 12.9. The summed E-state index contributed by atoms with van der Waals surface area (Å²) in [6.45, 7) is -2.08. The smallest absolute Gasteiger partial charge is 0.368 e. The van der Waals surface area contributed by atoms with Gasteiger partial charge in [-0.15, -0.1) is 13.2 Å². The molecule has 3 N–H and O–H groups in total. The number of nitrogens with zero attached hydrogens (tertiary/aromatic N) is 1. The van der Waals surface area contributed by atoms with Gasteiger partial charge in [-0.2, -0.15) is 13.2 Å². The standard InChI is InChI=1S/C24H29F6N3O6/c25-23(26,27)20-9-21(10-20,39-11-20)19(37)33-7-13-2-1-3-14(13)22(33,18(31)36)15(6-12-4-5-32-17(12)35)16(34)8-38-24(28,29)30/h12-15H,1-11H2,(H2,31,36)(H,32,35)/t12-,13?,14?,15-,20?,21?,22?/m1/s1. The summed E-state index contributed by atoms with van der Waals surface area (Å²) in [4.78, 5) is 54.3. The number of primary amides is 1. The molecule has 0 aromatic carbocycles. The van der Waals surface area contributed by atoms with E-state index in [-0.39, 0.29) is 31.8 Å². The number of rotatable bonds is 8. The van der Waals surface area contributed by atoms with Gasteiger partial charge in [0.05, 0.1) is 17.9 Å². The molecule has 6 fully saturated rings. The molecule has 4 heterocycles. The third kappa shape index (κ3) is 4.21. The summed E-state index contributed by atoms with van der Waals surface area (Å²) in [6, 6.07) is 0. The van der Waals surface area contributed by atoms with Crippen LogP contribution in [-0.4, -0.2) is 78.4 Å². The molecule has 0 aromatic heterocycles. The number of hydrogen-bond donors (Lipinski definition) is 2. The quantitative estimate of drug-likeness (QED) is 0.430. The number of carbonyl (C=O) groups excluding carboxylic acids is 4. The molecule has 2 bridgehead atoms. The van der Waals surface area contributed by atoms with Crippen LogP contribution in [0.15, 0.2) is 0 Å². The molecule has 0 spiro atoms. The number of ether oxygens (including phenoxy) is 2. The first kappa shape index (κ1) is 28.1. The van der Waals surface area contributed by atoms with Gasteiger partial charge < -0.3 is 20.7 Å². The van der Waals surface area contributed by atoms with Crippen LogP contribution in [0, 0.1) is 29.1 Å². The van der Waals surface area contributed by atoms with Crippen LogP contribution in [-0.2, 0) is 28.7 Å². The van der Waals surface area contributed by atoms with Crippen molar-refractivity contribution in [3.8, 4) is 0 Å². The lowest BCUT2D eigenvalue weighted by atomic mass is 9.60. The highest BCUT2D eigenvalue weighted by Gasteiger charge is 2.78. The number of likely N-dealkylation sites (tertiary alicyclic amines) is 1. The minimum absolute atomic E-state index is 0.114. The van der Waals surface area contributed by atoms with Gasteiger partial charge in [0.2, 0.25) is 11.8 Å². The summed E-state index contributed by atoms with van der Waals surface area (Å²) < 4.78 is 88.9. The largest absolute Gasteiger partial charge is 0.522 e. The van der Waals surface area contributed by atoms with E-state index in [2.05, 4.69) is 10.1 Å². The number of halogens is 6. The van der Waals surface area contributed by atoms with Crippen molar-refractivity contribution in [1.82, 2.24) is 10.2 Å². The van der Waals surface area contributed by atoms with Crippen LogP contribution in [0.2, 0.25) is 0 Å². The highest BCUT2D eigenvalue weighted by molar-refractivity contribution is 6.00. The van der Waals surface area contributed by atoms with Crippen LogP contribution >= 0.6 is 0 Å². The van der Waals surface area contributed by atoms with Gasteiger partial charge in [-0.1, -0.05) is 6.42 Å². The van der Waals surface area contributed by atoms with E-state index in [1.165, 1.54) is 0 Å². The second kappa shape index (κ2) is 9.05. The van der Waals surface area contributed by atoms with Crippen molar-refractivity contribution in [3.05, 3.63) is 0 Å². The van der Waals surface area contributed by atoms with Crippen LogP contribution in [0.25, 0.3) is 0 Å². The van der Waals surface area contributed by atoms with Crippen molar-refractivity contribution in [2.45, 2.75) is 68.6 Å². The van der Waals surface area contributed by atoms with Crippen molar-refractivity contribution < 1.29 is 55.0 Å². The van der Waals surface area contributed by atoms with Crippen molar-refractivity contribution in [2.75, 3.05) is 26.3 Å². The summed E-state index contributed by atoms with van der Waals surface area (Å²) in [6.07, 6.45) is -9.83. The molecule has 4 saturated heterocycles. The Morgan fingerprint density at radius 2 is 1.82 bits per heavy atom. The lowest BCUT2D eigenvalue weighted by molar-refractivity contribution is -0.321. The average Bonchev–Trinajstić information content (AvgIpc) is 3.60. The molecule has 6 aliphatic rings. The molecule has 3 amide bonds. The number of alkyl halides is 6. The number of ketones is 1. The fraction of sp³-hybridized carbons (Fsp3) is 0.833. The first-order chi connectivity index (χ1) is 18.1. The third-order valence-corrected chi connectivity index (χ3v) is 9.57. The van der Waals surface area contributed by atoms with Gasteiger partial charge in [0, 0.05) is 31.8 Å². The van der Waals surface area contributed by atoms with Crippen molar-refractivity contribution >= 4 is 23.5 Å². The Bertz CT molecular complexity index is 1070. The second-order valence-electron chi connectivity index (χ2n) is 11.6. The summed E-state index contributed by atoms with van der Waals surface area (Å²) in [5.74, 6) is -7.29. The summed E-state index contributed by atoms with van der Waals surface area (Å²) in [5, 5.41) is 2.57. The van der Waals surface area contributed by atoms with Gasteiger partial charge in [-0.25, -0.2) is 0 Å². The van der Waals surface area contributed by atoms with Crippen LogP contribution in [0.5, 0.6) is 0 Å². The number of hydrogen-bond acceptors (Lipinski definition) is 6. The van der Waals surface area contributed by atoms with Gasteiger partial charge in [-0.05, 0) is 37.5 Å². The molecule has 218 valence electrons. The predicted octanol–water partition coefficient (Wildman–Crippen LogP) is 1.83. The second-order valence-corrected chi connectivity index (χ2v) is 11.6. The lowest BCUT2D eigenvalue weighted by Gasteiger charge is -2.50. The molecular formula is C24H29F6N3O6. The zero-order valence-corrected chi connectivity index (χ0v) is 20.8. The van der Waals surface area contributed by atoms with Gasteiger partial charge in [0.15, 0.2) is 5.78 Å². The number of fused-ring (bicyclic) bond motifs is 2. The monoisotopic (exact) mass is 569 g/mol. The Morgan fingerprint density at radius 3 is 2.36 bits per heavy atom. The Labute approximate surface area is 219 Å². The Morgan fingerprint density at radius 1 is 1.13 bits per heavy atom. The maximum Gasteiger partial charge on any atom is 0.522 e. The molecule has 39 heavy (non-hydrogen) atoms. The minimum Gasteiger partial charge on any atom is -0.368 e. The maximum absolute atomic E-state index is 14.0. The highest BCUT2D eigenvalue weighted by Crippen LogP contribution is 2.66. The van der Waals surface area contributed by atoms with Gasteiger partial charge in [0.1, 0.15) is 17.7 Å². The number of carbonyl (C=O) groups is 4. The first-order valence-electron chi connectivity index (χ1n) is 12.9. The van der Waals surface area contributed by atoms with Crippen LogP contribution < -0.4 is 11.1 Å². The summed E-state index contributed by atoms with van der Waals surface area (Å²) >= 11 is 0. The summed E-state index contributed by atoms with van der Waals surface area (Å²) in [7, 11) is 0. The topological polar surface area (TPSA) is 128 Å². The van der Waals surface area contributed by atoms with E-state index < -0.39 is 96.4 Å². The highest BCUT2D eigenvalue weighted by atomic mass is 19.4. The van der Waals surface area contributed by atoms with Gasteiger partial charge in [-0.3, -0.25) is 23.9 Å². The molecule has 4 aliphatic heterocycles. The molecule has 0 radical (unpaired) electrons. The molecule has 6 rings (SSSR count). The summed E-state index contributed by atoms with van der Waals surface area (Å²) in [5.41, 5.74) is -0.304. The minimum atomic E-state index is -5.17. The van der Waals surface area contributed by atoms with Crippen molar-refractivity contribution in [1.29, 1.82) is 0 Å². The SMILES string of the molecule is NC(=O)C1([C@H](C[C@H]2CCNC2=O)C(=O)COC(F)(F)F)C2CCCC2CN1C(=O)C12CC(C(F)(F)F)(CO1)C2. The molecule has 2 aliphatic carbocycles. The number of nitrogens with one attached hydrogen (secondary N) is 1. The zero-order valence-electron chi connectivity index (χ0n) is 20.8. The van der Waals surface area contributed by atoms with E-state index >= 15 is 0 Å². The van der Waals surface area contributed by atoms with E-state index in [0.29, 0.717) is 19.3 Å². The fourth-order valence-electron chi connectivity index (χ4n) is 7.83. The van der Waals surface area contributed by atoms with Crippen LogP contribution in [0.1, 0.15) is 44.9 Å². The van der Waals surface area contributed by atoms with Crippen LogP contribution in [0.3, 0.4) is 0 Å². The molecule has 0 aromatic rings. The normalized spacial score (nSPS) is 38.4. The van der Waals surface area contributed by atoms with E-state index in [9.17, 15) is 45.5 Å². The van der Waals surface area contributed by atoms with E-state index in [0.717, 1.165) is 4.90 Å². The number of amides is 3. The third-order valence-electron chi connectivity index (χ3n) is 9.57. The Hall–Kier alpha value is -2.42. The Kier molecular flexibility index (Phi) is 6.52. The van der Waals surface area contributed by atoms with Crippen LogP contribution in [0.4, 0.5) is 26.3 Å². The van der Waals surface area contributed by atoms with Gasteiger partial charge >= 0.3 is 12.5 Å². The predicted molar refractivity (Wildman–Crippen MR) is 117 cm³/mol. The van der Waals surface area contributed by atoms with E-state index in [1.54, 1.807) is 0 Å². The molecule has 9 nitrogen and oxygen atoms in total. The lowest BCUT2D eigenvalue weighted by Crippen LogP contribution is -2.70. The van der Waals surface area contributed by atoms with E-state index in [1.807, 2.05) is 0 Å². The molecular weight excluding hydrogens is 540 g/mol. The average molecular weight is 569 g/mol. The maximum atomic E-state index is 14.0. The molecule has 3 unspecified atom stereocenters. The molecule has 5 atom stereocenters. The number of Topliss-reactive ketones (excluding diaryl/α,β-unsaturated/α-hetero) is 1. The van der Waals surface area contributed by atoms with Crippen molar-refractivity contribution in [2.24, 2.45) is 34.8 Å². The van der Waals surface area contributed by atoms with Gasteiger partial charge in [0.25, 0.3) is 5.91 Å². The molecule has 2 saturated carbocycles.